The number of pyridine rings is 1. The third-order valence-electron chi connectivity index (χ3n) is 4.84. The number of aromatic nitrogens is 1. The van der Waals surface area contributed by atoms with E-state index in [2.05, 4.69) is 0 Å². The molecule has 0 saturated carbocycles. The molecule has 2 aliphatic heterocycles. The first-order chi connectivity index (χ1) is 12.4. The molecule has 2 aromatic rings. The number of fused-ring (bicyclic) bond motifs is 3. The summed E-state index contributed by atoms with van der Waals surface area (Å²) < 4.78 is 14.7. The molecule has 0 unspecified atom stereocenters. The van der Waals surface area contributed by atoms with Gasteiger partial charge < -0.3 is 9.67 Å². The number of rotatable bonds is 2. The van der Waals surface area contributed by atoms with Crippen LogP contribution in [0.1, 0.15) is 44.8 Å². The normalized spacial score (nSPS) is 16.0. The highest BCUT2D eigenvalue weighted by molar-refractivity contribution is 6.30. The molecule has 134 valence electrons. The molecule has 1 aromatic heterocycles. The van der Waals surface area contributed by atoms with E-state index >= 15 is 0 Å². The topological polar surface area (TPSA) is 79.6 Å². The second-order valence-corrected chi connectivity index (χ2v) is 6.81. The van der Waals surface area contributed by atoms with E-state index in [1.807, 2.05) is 0 Å². The molecule has 0 spiro atoms. The van der Waals surface area contributed by atoms with Crippen molar-refractivity contribution in [3.05, 3.63) is 61.8 Å². The van der Waals surface area contributed by atoms with E-state index in [9.17, 15) is 23.9 Å². The number of hydrogen-bond acceptors (Lipinski definition) is 4. The molecule has 1 aromatic carbocycles. The van der Waals surface area contributed by atoms with Gasteiger partial charge in [0.25, 0.3) is 17.4 Å². The zero-order chi connectivity index (χ0) is 18.6. The van der Waals surface area contributed by atoms with Gasteiger partial charge in [0.05, 0.1) is 17.1 Å². The molecule has 0 atom stereocenters. The Morgan fingerprint density at radius 1 is 1.12 bits per heavy atom. The average Bonchev–Trinajstić information content (AvgIpc) is 2.88. The van der Waals surface area contributed by atoms with Crippen LogP contribution in [0, 0.1) is 5.82 Å². The number of halogens is 2. The van der Waals surface area contributed by atoms with Crippen molar-refractivity contribution in [3.63, 3.8) is 0 Å². The molecule has 0 radical (unpaired) electrons. The fourth-order valence-corrected chi connectivity index (χ4v) is 3.78. The van der Waals surface area contributed by atoms with E-state index in [1.165, 1.54) is 16.7 Å². The molecule has 4 rings (SSSR count). The van der Waals surface area contributed by atoms with Crippen LogP contribution < -0.4 is 5.56 Å². The summed E-state index contributed by atoms with van der Waals surface area (Å²) in [7, 11) is 0. The van der Waals surface area contributed by atoms with Gasteiger partial charge in [-0.25, -0.2) is 4.39 Å². The van der Waals surface area contributed by atoms with Crippen molar-refractivity contribution in [1.82, 2.24) is 9.47 Å². The molecule has 6 nitrogen and oxygen atoms in total. The zero-order valence-corrected chi connectivity index (χ0v) is 14.3. The highest BCUT2D eigenvalue weighted by atomic mass is 35.5. The Morgan fingerprint density at radius 2 is 1.85 bits per heavy atom. The Labute approximate surface area is 152 Å². The molecular formula is C18H14ClFN2O4. The lowest BCUT2D eigenvalue weighted by Gasteiger charge is -2.20. The quantitative estimate of drug-likeness (QED) is 0.817. The monoisotopic (exact) mass is 376 g/mol. The maximum atomic E-state index is 13.3. The number of amides is 2. The van der Waals surface area contributed by atoms with Gasteiger partial charge in [-0.2, -0.15) is 0 Å². The molecule has 26 heavy (non-hydrogen) atoms. The third kappa shape index (κ3) is 2.34. The highest BCUT2D eigenvalue weighted by Crippen LogP contribution is 2.33. The number of hydrogen-bond donors (Lipinski definition) is 1. The van der Waals surface area contributed by atoms with Crippen LogP contribution in [0.5, 0.6) is 5.75 Å². The van der Waals surface area contributed by atoms with Crippen LogP contribution in [-0.4, -0.2) is 26.4 Å². The van der Waals surface area contributed by atoms with Gasteiger partial charge in [-0.05, 0) is 37.0 Å². The van der Waals surface area contributed by atoms with E-state index in [1.54, 1.807) is 0 Å². The lowest BCUT2D eigenvalue weighted by molar-refractivity contribution is 0.0641. The minimum absolute atomic E-state index is 0.0972. The number of aromatic hydroxyl groups is 1. The molecular weight excluding hydrogens is 363 g/mol. The van der Waals surface area contributed by atoms with Crippen LogP contribution in [0.2, 0.25) is 5.02 Å². The lowest BCUT2D eigenvalue weighted by atomic mass is 9.99. The van der Waals surface area contributed by atoms with Crippen molar-refractivity contribution in [2.75, 3.05) is 0 Å². The summed E-state index contributed by atoms with van der Waals surface area (Å²) in [5, 5.41) is 10.1. The smallest absolute Gasteiger partial charge is 0.293 e. The Balaban J connectivity index is 1.80. The van der Waals surface area contributed by atoms with Crippen molar-refractivity contribution in [2.24, 2.45) is 0 Å². The molecule has 0 bridgehead atoms. The van der Waals surface area contributed by atoms with E-state index in [0.29, 0.717) is 24.2 Å². The van der Waals surface area contributed by atoms with Crippen molar-refractivity contribution in [1.29, 1.82) is 0 Å². The van der Waals surface area contributed by atoms with Gasteiger partial charge in [-0.15, -0.1) is 0 Å². The van der Waals surface area contributed by atoms with Crippen molar-refractivity contribution < 1.29 is 19.1 Å². The fraction of sp³-hybridized carbons (Fsp3) is 0.278. The van der Waals surface area contributed by atoms with Crippen LogP contribution >= 0.6 is 11.6 Å². The van der Waals surface area contributed by atoms with E-state index < -0.39 is 28.9 Å². The largest absolute Gasteiger partial charge is 0.502 e. The van der Waals surface area contributed by atoms with Gasteiger partial charge in [0.15, 0.2) is 5.75 Å². The molecule has 0 saturated heterocycles. The first kappa shape index (κ1) is 16.8. The Hall–Kier alpha value is -2.67. The number of nitrogens with zero attached hydrogens (tertiary/aromatic N) is 2. The third-order valence-corrected chi connectivity index (χ3v) is 5.13. The first-order valence-electron chi connectivity index (χ1n) is 8.19. The van der Waals surface area contributed by atoms with Crippen LogP contribution in [-0.2, 0) is 19.5 Å². The summed E-state index contributed by atoms with van der Waals surface area (Å²) in [6.45, 7) is 0.281. The molecule has 3 heterocycles. The molecule has 0 fully saturated rings. The molecule has 0 aliphatic carbocycles. The molecule has 1 N–H and O–H groups in total. The fourth-order valence-electron chi connectivity index (χ4n) is 3.58. The minimum atomic E-state index is -0.728. The Bertz CT molecular complexity index is 1030. The van der Waals surface area contributed by atoms with Crippen LogP contribution in [0.3, 0.4) is 0 Å². The summed E-state index contributed by atoms with van der Waals surface area (Å²) in [5.41, 5.74) is 0.175. The summed E-state index contributed by atoms with van der Waals surface area (Å²) >= 11 is 5.75. The van der Waals surface area contributed by atoms with Crippen LogP contribution in [0.15, 0.2) is 23.0 Å². The molecule has 2 aliphatic rings. The van der Waals surface area contributed by atoms with Crippen molar-refractivity contribution in [3.8, 4) is 5.75 Å². The van der Waals surface area contributed by atoms with E-state index in [0.717, 1.165) is 23.8 Å². The van der Waals surface area contributed by atoms with Gasteiger partial charge in [0.1, 0.15) is 11.4 Å². The second kappa shape index (κ2) is 5.95. The summed E-state index contributed by atoms with van der Waals surface area (Å²) in [6.07, 6.45) is 2.06. The Kier molecular flexibility index (Phi) is 3.84. The van der Waals surface area contributed by atoms with E-state index in [-0.39, 0.29) is 22.7 Å². The van der Waals surface area contributed by atoms with E-state index in [4.69, 9.17) is 11.6 Å². The lowest BCUT2D eigenvalue weighted by Crippen LogP contribution is -2.30. The molecule has 2 amide bonds. The number of imide groups is 1. The van der Waals surface area contributed by atoms with Crippen molar-refractivity contribution >= 4 is 23.4 Å². The predicted molar refractivity (Wildman–Crippen MR) is 90.9 cm³/mol. The molecule has 8 heteroatoms. The van der Waals surface area contributed by atoms with Crippen LogP contribution in [0.25, 0.3) is 0 Å². The zero-order valence-electron chi connectivity index (χ0n) is 13.6. The second-order valence-electron chi connectivity index (χ2n) is 6.40. The van der Waals surface area contributed by atoms with Gasteiger partial charge in [0, 0.05) is 12.2 Å². The standard InChI is InChI=1S/C18H14ClFN2O4/c19-10-7-9(4-5-11(10)20)8-22-16(24)13-12-3-1-2-6-21(12)18(26)15(23)14(13)17(22)25/h4-5,7,23H,1-3,6,8H2. The number of carbonyl (C=O) groups excluding carboxylic acids is 2. The predicted octanol–water partition coefficient (Wildman–Crippen LogP) is 2.48. The summed E-state index contributed by atoms with van der Waals surface area (Å²) in [5.74, 6) is -2.58. The van der Waals surface area contributed by atoms with Crippen LogP contribution in [0.4, 0.5) is 4.39 Å². The SMILES string of the molecule is O=C1c2c(c3n(c(=O)c2O)CCCC3)C(=O)N1Cc1ccc(F)c(Cl)c1. The number of benzene rings is 1. The first-order valence-corrected chi connectivity index (χ1v) is 8.56. The van der Waals surface area contributed by atoms with Crippen molar-refractivity contribution in [2.45, 2.75) is 32.4 Å². The Morgan fingerprint density at radius 3 is 2.58 bits per heavy atom. The minimum Gasteiger partial charge on any atom is -0.502 e. The number of carbonyl (C=O) groups is 2. The summed E-state index contributed by atoms with van der Waals surface area (Å²) in [4.78, 5) is 38.9. The van der Waals surface area contributed by atoms with Gasteiger partial charge in [-0.3, -0.25) is 19.3 Å². The van der Waals surface area contributed by atoms with Gasteiger partial charge in [-0.1, -0.05) is 17.7 Å². The van der Waals surface area contributed by atoms with Gasteiger partial charge >= 0.3 is 0 Å². The summed E-state index contributed by atoms with van der Waals surface area (Å²) in [6, 6.07) is 3.91. The highest BCUT2D eigenvalue weighted by Gasteiger charge is 2.42. The maximum absolute atomic E-state index is 13.3. The maximum Gasteiger partial charge on any atom is 0.293 e. The van der Waals surface area contributed by atoms with Gasteiger partial charge in [0.2, 0.25) is 0 Å². The average molecular weight is 377 g/mol.